The summed E-state index contributed by atoms with van der Waals surface area (Å²) in [5.74, 6) is 0.223. The second-order valence-corrected chi connectivity index (χ2v) is 6.93. The van der Waals surface area contributed by atoms with E-state index in [1.54, 1.807) is 42.5 Å². The summed E-state index contributed by atoms with van der Waals surface area (Å²) in [5.41, 5.74) is 0.823. The van der Waals surface area contributed by atoms with E-state index in [2.05, 4.69) is 0 Å². The standard InChI is InChI=1S/C20H11ClO4S/c21-13-5-3-12(4-6-13)20(23)24-14-7-8-16-17(10-14)25-18(19(16)22)11-15-2-1-9-26-15/h1-11H/b18-11-. The van der Waals surface area contributed by atoms with Gasteiger partial charge in [0.05, 0.1) is 11.1 Å². The van der Waals surface area contributed by atoms with Crippen LogP contribution >= 0.6 is 22.9 Å². The van der Waals surface area contributed by atoms with E-state index in [-0.39, 0.29) is 11.5 Å². The molecule has 0 spiro atoms. The molecule has 1 aliphatic heterocycles. The summed E-state index contributed by atoms with van der Waals surface area (Å²) < 4.78 is 11.0. The van der Waals surface area contributed by atoms with Crippen LogP contribution in [-0.2, 0) is 0 Å². The summed E-state index contributed by atoms with van der Waals surface area (Å²) in [6.07, 6.45) is 1.70. The molecule has 0 saturated heterocycles. The average Bonchev–Trinajstić information content (AvgIpc) is 3.24. The van der Waals surface area contributed by atoms with Crippen molar-refractivity contribution in [1.82, 2.24) is 0 Å². The number of hydrogen-bond donors (Lipinski definition) is 0. The largest absolute Gasteiger partial charge is 0.452 e. The molecule has 0 N–H and O–H groups in total. The maximum Gasteiger partial charge on any atom is 0.343 e. The molecule has 0 aliphatic carbocycles. The molecule has 26 heavy (non-hydrogen) atoms. The second-order valence-electron chi connectivity index (χ2n) is 5.51. The molecule has 0 bridgehead atoms. The fourth-order valence-corrected chi connectivity index (χ4v) is 3.26. The fourth-order valence-electron chi connectivity index (χ4n) is 2.49. The Morgan fingerprint density at radius 3 is 2.65 bits per heavy atom. The lowest BCUT2D eigenvalue weighted by Gasteiger charge is -2.05. The predicted octanol–water partition coefficient (Wildman–Crippen LogP) is 5.24. The summed E-state index contributed by atoms with van der Waals surface area (Å²) >= 11 is 7.33. The van der Waals surface area contributed by atoms with E-state index in [1.807, 2.05) is 17.5 Å². The number of rotatable bonds is 3. The molecule has 3 aromatic rings. The van der Waals surface area contributed by atoms with E-state index < -0.39 is 5.97 Å². The lowest BCUT2D eigenvalue weighted by molar-refractivity contribution is 0.0734. The van der Waals surface area contributed by atoms with Gasteiger partial charge in [-0.1, -0.05) is 17.7 Å². The van der Waals surface area contributed by atoms with E-state index in [9.17, 15) is 9.59 Å². The van der Waals surface area contributed by atoms with Crippen molar-refractivity contribution in [3.63, 3.8) is 0 Å². The van der Waals surface area contributed by atoms with Crippen molar-refractivity contribution in [3.05, 3.63) is 86.8 Å². The number of esters is 1. The molecule has 6 heteroatoms. The van der Waals surface area contributed by atoms with Crippen molar-refractivity contribution in [2.75, 3.05) is 0 Å². The van der Waals surface area contributed by atoms with Gasteiger partial charge < -0.3 is 9.47 Å². The van der Waals surface area contributed by atoms with Crippen LogP contribution in [0.25, 0.3) is 6.08 Å². The van der Waals surface area contributed by atoms with Crippen LogP contribution in [0.5, 0.6) is 11.5 Å². The molecule has 0 fully saturated rings. The maximum atomic E-state index is 12.4. The highest BCUT2D eigenvalue weighted by molar-refractivity contribution is 7.10. The lowest BCUT2D eigenvalue weighted by Crippen LogP contribution is -2.08. The minimum Gasteiger partial charge on any atom is -0.452 e. The number of benzene rings is 2. The lowest BCUT2D eigenvalue weighted by atomic mass is 10.1. The minimum atomic E-state index is -0.514. The van der Waals surface area contributed by atoms with Gasteiger partial charge in [-0.05, 0) is 47.8 Å². The number of ketones is 1. The predicted molar refractivity (Wildman–Crippen MR) is 100 cm³/mol. The van der Waals surface area contributed by atoms with Gasteiger partial charge in [-0.25, -0.2) is 4.79 Å². The summed E-state index contributed by atoms with van der Waals surface area (Å²) in [5, 5.41) is 2.46. The number of fused-ring (bicyclic) bond motifs is 1. The number of hydrogen-bond acceptors (Lipinski definition) is 5. The van der Waals surface area contributed by atoms with Crippen molar-refractivity contribution in [3.8, 4) is 11.5 Å². The molecule has 4 nitrogen and oxygen atoms in total. The van der Waals surface area contributed by atoms with E-state index in [4.69, 9.17) is 21.1 Å². The highest BCUT2D eigenvalue weighted by Gasteiger charge is 2.28. The van der Waals surface area contributed by atoms with E-state index in [0.717, 1.165) is 4.88 Å². The number of ether oxygens (including phenoxy) is 2. The Labute approximate surface area is 158 Å². The summed E-state index contributed by atoms with van der Waals surface area (Å²) in [6, 6.07) is 14.9. The van der Waals surface area contributed by atoms with E-state index in [0.29, 0.717) is 27.6 Å². The SMILES string of the molecule is O=C(Oc1ccc2c(c1)O/C(=C\c1cccs1)C2=O)c1ccc(Cl)cc1. The van der Waals surface area contributed by atoms with Gasteiger partial charge in [0.1, 0.15) is 11.5 Å². The molecule has 128 valence electrons. The van der Waals surface area contributed by atoms with Gasteiger partial charge in [-0.15, -0.1) is 11.3 Å². The van der Waals surface area contributed by atoms with Gasteiger partial charge in [0.15, 0.2) is 5.76 Å². The van der Waals surface area contributed by atoms with Crippen LogP contribution in [0.4, 0.5) is 0 Å². The summed E-state index contributed by atoms with van der Waals surface area (Å²) in [4.78, 5) is 25.5. The Bertz CT molecular complexity index is 1020. The van der Waals surface area contributed by atoms with Crippen LogP contribution in [-0.4, -0.2) is 11.8 Å². The molecular weight excluding hydrogens is 372 g/mol. The smallest absolute Gasteiger partial charge is 0.343 e. The third-order valence-electron chi connectivity index (χ3n) is 3.75. The molecule has 0 radical (unpaired) electrons. The van der Waals surface area contributed by atoms with Crippen LogP contribution in [0, 0.1) is 0 Å². The zero-order chi connectivity index (χ0) is 18.1. The second kappa shape index (κ2) is 6.78. The number of carbonyl (C=O) groups is 2. The van der Waals surface area contributed by atoms with Crippen molar-refractivity contribution in [2.45, 2.75) is 0 Å². The zero-order valence-corrected chi connectivity index (χ0v) is 14.8. The van der Waals surface area contributed by atoms with Crippen LogP contribution < -0.4 is 9.47 Å². The number of thiophene rings is 1. The highest BCUT2D eigenvalue weighted by atomic mass is 35.5. The first kappa shape index (κ1) is 16.6. The number of Topliss-reactive ketones (excluding diaryl/α,β-unsaturated/α-hetero) is 1. The van der Waals surface area contributed by atoms with Crippen molar-refractivity contribution in [2.24, 2.45) is 0 Å². The normalized spacial score (nSPS) is 14.2. The average molecular weight is 383 g/mol. The molecule has 0 atom stereocenters. The monoisotopic (exact) mass is 382 g/mol. The fraction of sp³-hybridized carbons (Fsp3) is 0. The van der Waals surface area contributed by atoms with Crippen LogP contribution in [0.1, 0.15) is 25.6 Å². The number of halogens is 1. The quantitative estimate of drug-likeness (QED) is 0.353. The van der Waals surface area contributed by atoms with Crippen molar-refractivity contribution in [1.29, 1.82) is 0 Å². The Kier molecular flexibility index (Phi) is 4.32. The molecule has 1 aromatic heterocycles. The maximum absolute atomic E-state index is 12.4. The minimum absolute atomic E-state index is 0.191. The summed E-state index contributed by atoms with van der Waals surface area (Å²) in [6.45, 7) is 0. The van der Waals surface area contributed by atoms with Gasteiger partial charge in [0, 0.05) is 22.0 Å². The molecule has 0 saturated carbocycles. The number of carbonyl (C=O) groups excluding carboxylic acids is 2. The highest BCUT2D eigenvalue weighted by Crippen LogP contribution is 2.35. The Morgan fingerprint density at radius 2 is 1.92 bits per heavy atom. The Morgan fingerprint density at radius 1 is 1.12 bits per heavy atom. The molecular formula is C20H11ClO4S. The molecule has 2 aromatic carbocycles. The number of allylic oxidation sites excluding steroid dienone is 1. The topological polar surface area (TPSA) is 52.6 Å². The van der Waals surface area contributed by atoms with Crippen molar-refractivity contribution >= 4 is 40.8 Å². The van der Waals surface area contributed by atoms with Gasteiger partial charge in [-0.2, -0.15) is 0 Å². The third kappa shape index (κ3) is 3.27. The van der Waals surface area contributed by atoms with Gasteiger partial charge in [0.25, 0.3) is 0 Å². The van der Waals surface area contributed by atoms with Gasteiger partial charge in [0.2, 0.25) is 5.78 Å². The van der Waals surface area contributed by atoms with Gasteiger partial charge >= 0.3 is 5.97 Å². The third-order valence-corrected chi connectivity index (χ3v) is 4.82. The van der Waals surface area contributed by atoms with Crippen LogP contribution in [0.2, 0.25) is 5.02 Å². The molecule has 0 amide bonds. The summed E-state index contributed by atoms with van der Waals surface area (Å²) in [7, 11) is 0. The van der Waals surface area contributed by atoms with E-state index >= 15 is 0 Å². The van der Waals surface area contributed by atoms with E-state index in [1.165, 1.54) is 17.4 Å². The zero-order valence-electron chi connectivity index (χ0n) is 13.3. The van der Waals surface area contributed by atoms with Gasteiger partial charge in [-0.3, -0.25) is 4.79 Å². The Hall–Kier alpha value is -2.89. The van der Waals surface area contributed by atoms with Crippen LogP contribution in [0.15, 0.2) is 65.7 Å². The first-order valence-electron chi connectivity index (χ1n) is 7.70. The molecule has 0 unspecified atom stereocenters. The first-order valence-corrected chi connectivity index (χ1v) is 8.95. The first-order chi connectivity index (χ1) is 12.6. The molecule has 4 rings (SSSR count). The molecule has 2 heterocycles. The Balaban J connectivity index is 1.55. The molecule has 1 aliphatic rings. The van der Waals surface area contributed by atoms with Crippen LogP contribution in [0.3, 0.4) is 0 Å². The van der Waals surface area contributed by atoms with Crippen molar-refractivity contribution < 1.29 is 19.1 Å².